The summed E-state index contributed by atoms with van der Waals surface area (Å²) < 4.78 is 5.95. The fourth-order valence-corrected chi connectivity index (χ4v) is 3.79. The van der Waals surface area contributed by atoms with Crippen LogP contribution in [0, 0.1) is 10.1 Å². The Bertz CT molecular complexity index is 1480. The minimum Gasteiger partial charge on any atom is -0.436 e. The summed E-state index contributed by atoms with van der Waals surface area (Å²) in [5.41, 5.74) is 4.64. The van der Waals surface area contributed by atoms with Crippen LogP contribution in [0.1, 0.15) is 37.3 Å². The number of fused-ring (bicyclic) bond motifs is 1. The third-order valence-electron chi connectivity index (χ3n) is 5.71. The van der Waals surface area contributed by atoms with E-state index in [2.05, 4.69) is 41.6 Å². The number of carbonyl (C=O) groups is 1. The number of amides is 1. The first kappa shape index (κ1) is 24.7. The Morgan fingerprint density at radius 1 is 1.17 bits per heavy atom. The van der Waals surface area contributed by atoms with Crippen molar-refractivity contribution in [2.45, 2.75) is 26.2 Å². The molecule has 0 aliphatic heterocycles. The molecule has 1 aromatic heterocycles. The van der Waals surface area contributed by atoms with Gasteiger partial charge in [0.25, 0.3) is 5.69 Å². The van der Waals surface area contributed by atoms with E-state index in [9.17, 15) is 14.9 Å². The lowest BCUT2D eigenvalue weighted by Crippen LogP contribution is -2.32. The highest BCUT2D eigenvalue weighted by Crippen LogP contribution is 2.29. The van der Waals surface area contributed by atoms with E-state index in [0.717, 1.165) is 17.5 Å². The second-order valence-electron chi connectivity index (χ2n) is 8.27. The van der Waals surface area contributed by atoms with Crippen molar-refractivity contribution in [1.29, 1.82) is 0 Å². The third kappa shape index (κ3) is 6.00. The molecule has 36 heavy (non-hydrogen) atoms. The average Bonchev–Trinajstić information content (AvgIpc) is 3.31. The molecular formula is C27H24N4O4S. The Kier molecular flexibility index (Phi) is 7.50. The fraction of sp³-hybridized carbons (Fsp3) is 0.148. The highest BCUT2D eigenvalue weighted by atomic mass is 32.1. The number of aromatic nitrogens is 1. The maximum atomic E-state index is 12.2. The summed E-state index contributed by atoms with van der Waals surface area (Å²) in [7, 11) is 0. The zero-order valence-electron chi connectivity index (χ0n) is 19.7. The number of hydrogen-bond acceptors (Lipinski definition) is 6. The molecule has 1 amide bonds. The highest BCUT2D eigenvalue weighted by molar-refractivity contribution is 7.80. The molecule has 0 radical (unpaired) electrons. The van der Waals surface area contributed by atoms with Gasteiger partial charge in [0, 0.05) is 29.5 Å². The van der Waals surface area contributed by atoms with Crippen molar-refractivity contribution in [3.8, 4) is 11.5 Å². The highest BCUT2D eigenvalue weighted by Gasteiger charge is 2.12. The maximum absolute atomic E-state index is 12.2. The first-order chi connectivity index (χ1) is 17.3. The molecular weight excluding hydrogens is 476 g/mol. The topological polar surface area (TPSA) is 110 Å². The van der Waals surface area contributed by atoms with Gasteiger partial charge in [-0.15, -0.1) is 0 Å². The van der Waals surface area contributed by atoms with Crippen molar-refractivity contribution in [2.75, 3.05) is 5.32 Å². The zero-order valence-corrected chi connectivity index (χ0v) is 20.5. The Hall–Kier alpha value is -4.37. The van der Waals surface area contributed by atoms with E-state index in [1.54, 1.807) is 12.1 Å². The lowest BCUT2D eigenvalue weighted by atomic mass is 9.98. The molecule has 9 heteroatoms. The number of benzene rings is 3. The molecule has 0 saturated carbocycles. The molecule has 3 aromatic carbocycles. The van der Waals surface area contributed by atoms with Gasteiger partial charge in [-0.2, -0.15) is 0 Å². The standard InChI is InChI=1S/C27H24N4O4S/c1-3-17(2)19-11-12-24-23(16-19)29-26(35-24)20-7-5-8-21(15-20)28-27(36)30-25(32)13-10-18-6-4-9-22(14-18)31(33)34/h4-17H,3H2,1-2H3,(H2,28,30,32,36). The van der Waals surface area contributed by atoms with Crippen LogP contribution in [0.2, 0.25) is 0 Å². The van der Waals surface area contributed by atoms with E-state index in [1.165, 1.54) is 29.8 Å². The summed E-state index contributed by atoms with van der Waals surface area (Å²) in [6.45, 7) is 4.34. The van der Waals surface area contributed by atoms with Crippen molar-refractivity contribution in [2.24, 2.45) is 0 Å². The van der Waals surface area contributed by atoms with Gasteiger partial charge in [0.05, 0.1) is 4.92 Å². The summed E-state index contributed by atoms with van der Waals surface area (Å²) >= 11 is 5.26. The van der Waals surface area contributed by atoms with E-state index in [-0.39, 0.29) is 10.8 Å². The Morgan fingerprint density at radius 3 is 2.75 bits per heavy atom. The second kappa shape index (κ2) is 10.9. The number of rotatable bonds is 7. The van der Waals surface area contributed by atoms with Crippen LogP contribution in [0.25, 0.3) is 28.6 Å². The SMILES string of the molecule is CCC(C)c1ccc2oc(-c3cccc(NC(=S)NC(=O)C=Cc4cccc([N+](=O)[O-])c4)c3)nc2c1. The molecule has 8 nitrogen and oxygen atoms in total. The van der Waals surface area contributed by atoms with Gasteiger partial charge in [-0.1, -0.05) is 38.1 Å². The first-order valence-electron chi connectivity index (χ1n) is 11.4. The molecule has 1 atom stereocenters. The molecule has 2 N–H and O–H groups in total. The zero-order chi connectivity index (χ0) is 25.7. The first-order valence-corrected chi connectivity index (χ1v) is 11.8. The molecule has 4 rings (SSSR count). The van der Waals surface area contributed by atoms with Crippen LogP contribution < -0.4 is 10.6 Å². The number of nitrogens with one attached hydrogen (secondary N) is 2. The van der Waals surface area contributed by atoms with Gasteiger partial charge in [-0.25, -0.2) is 4.98 Å². The maximum Gasteiger partial charge on any atom is 0.270 e. The van der Waals surface area contributed by atoms with E-state index in [4.69, 9.17) is 16.6 Å². The number of anilines is 1. The van der Waals surface area contributed by atoms with E-state index >= 15 is 0 Å². The van der Waals surface area contributed by atoms with Crippen molar-refractivity contribution in [1.82, 2.24) is 10.3 Å². The molecule has 182 valence electrons. The fourth-order valence-electron chi connectivity index (χ4n) is 3.57. The molecule has 0 aliphatic rings. The number of non-ortho nitro benzene ring substituents is 1. The van der Waals surface area contributed by atoms with Crippen molar-refractivity contribution >= 4 is 51.8 Å². The van der Waals surface area contributed by atoms with Crippen LogP contribution >= 0.6 is 12.2 Å². The molecule has 0 bridgehead atoms. The lowest BCUT2D eigenvalue weighted by molar-refractivity contribution is -0.384. The molecule has 0 spiro atoms. The predicted molar refractivity (Wildman–Crippen MR) is 145 cm³/mol. The van der Waals surface area contributed by atoms with E-state index in [0.29, 0.717) is 28.6 Å². The van der Waals surface area contributed by atoms with Gasteiger partial charge >= 0.3 is 0 Å². The van der Waals surface area contributed by atoms with Crippen LogP contribution in [0.3, 0.4) is 0 Å². The number of hydrogen-bond donors (Lipinski definition) is 2. The van der Waals surface area contributed by atoms with Gasteiger partial charge in [0.15, 0.2) is 10.7 Å². The summed E-state index contributed by atoms with van der Waals surface area (Å²) in [6.07, 6.45) is 3.78. The monoisotopic (exact) mass is 500 g/mol. The molecule has 4 aromatic rings. The van der Waals surface area contributed by atoms with Gasteiger partial charge in [-0.05, 0) is 72.1 Å². The quantitative estimate of drug-likeness (QED) is 0.130. The summed E-state index contributed by atoms with van der Waals surface area (Å²) in [5.74, 6) is 0.468. The average molecular weight is 501 g/mol. The normalized spacial score (nSPS) is 11.9. The number of oxazole rings is 1. The second-order valence-corrected chi connectivity index (χ2v) is 8.67. The van der Waals surface area contributed by atoms with E-state index in [1.807, 2.05) is 30.3 Å². The van der Waals surface area contributed by atoms with Crippen LogP contribution in [0.15, 0.2) is 77.2 Å². The van der Waals surface area contributed by atoms with Gasteiger partial charge in [0.1, 0.15) is 5.52 Å². The van der Waals surface area contributed by atoms with Crippen molar-refractivity contribution in [3.05, 3.63) is 94.0 Å². The number of nitrogens with zero attached hydrogens (tertiary/aromatic N) is 2. The minimum absolute atomic E-state index is 0.0514. The number of nitro groups is 1. The van der Waals surface area contributed by atoms with Crippen LogP contribution in [0.4, 0.5) is 11.4 Å². The van der Waals surface area contributed by atoms with Gasteiger partial charge in [0.2, 0.25) is 11.8 Å². The third-order valence-corrected chi connectivity index (χ3v) is 5.91. The smallest absolute Gasteiger partial charge is 0.270 e. The molecule has 0 aliphatic carbocycles. The lowest BCUT2D eigenvalue weighted by Gasteiger charge is -2.08. The summed E-state index contributed by atoms with van der Waals surface area (Å²) in [4.78, 5) is 27.3. The van der Waals surface area contributed by atoms with Gasteiger partial charge < -0.3 is 9.73 Å². The number of nitro benzene ring substituents is 1. The largest absolute Gasteiger partial charge is 0.436 e. The molecule has 1 heterocycles. The van der Waals surface area contributed by atoms with E-state index < -0.39 is 10.8 Å². The Labute approximate surface area is 213 Å². The number of carbonyl (C=O) groups excluding carboxylic acids is 1. The van der Waals surface area contributed by atoms with Gasteiger partial charge in [-0.3, -0.25) is 20.2 Å². The molecule has 0 fully saturated rings. The van der Waals surface area contributed by atoms with Crippen LogP contribution in [0.5, 0.6) is 0 Å². The van der Waals surface area contributed by atoms with Crippen molar-refractivity contribution < 1.29 is 14.1 Å². The van der Waals surface area contributed by atoms with Crippen molar-refractivity contribution in [3.63, 3.8) is 0 Å². The number of thiocarbonyl (C=S) groups is 1. The molecule has 1 unspecified atom stereocenters. The summed E-state index contributed by atoms with van der Waals surface area (Å²) in [6, 6.07) is 19.4. The summed E-state index contributed by atoms with van der Waals surface area (Å²) in [5, 5.41) is 16.5. The predicted octanol–water partition coefficient (Wildman–Crippen LogP) is 6.44. The minimum atomic E-state index is -0.490. The Balaban J connectivity index is 1.41. The van der Waals surface area contributed by atoms with Crippen LogP contribution in [-0.4, -0.2) is 20.9 Å². The Morgan fingerprint density at radius 2 is 1.97 bits per heavy atom. The van der Waals surface area contributed by atoms with Crippen LogP contribution in [-0.2, 0) is 4.79 Å². The molecule has 0 saturated heterocycles.